The van der Waals surface area contributed by atoms with Gasteiger partial charge in [0, 0.05) is 42.1 Å². The highest BCUT2D eigenvalue weighted by molar-refractivity contribution is 7.98. The summed E-state index contributed by atoms with van der Waals surface area (Å²) in [5.41, 5.74) is 1.16. The number of nitrogens with one attached hydrogen (secondary N) is 1. The van der Waals surface area contributed by atoms with Gasteiger partial charge in [-0.1, -0.05) is 23.7 Å². The van der Waals surface area contributed by atoms with E-state index in [1.54, 1.807) is 36.0 Å². The minimum atomic E-state index is -3.56. The number of rotatable bonds is 9. The van der Waals surface area contributed by atoms with Gasteiger partial charge in [-0.05, 0) is 54.8 Å². The van der Waals surface area contributed by atoms with E-state index in [4.69, 9.17) is 16.3 Å². The van der Waals surface area contributed by atoms with E-state index >= 15 is 0 Å². The summed E-state index contributed by atoms with van der Waals surface area (Å²) < 4.78 is 32.2. The highest BCUT2D eigenvalue weighted by atomic mass is 35.5. The van der Waals surface area contributed by atoms with Crippen LogP contribution >= 0.6 is 23.4 Å². The number of halogens is 1. The van der Waals surface area contributed by atoms with Crippen LogP contribution in [-0.2, 0) is 20.6 Å². The second-order valence-electron chi connectivity index (χ2n) is 7.33. The Kier molecular flexibility index (Phi) is 8.66. The molecule has 0 saturated carbocycles. The van der Waals surface area contributed by atoms with E-state index in [0.29, 0.717) is 38.2 Å². The number of carbonyl (C=O) groups excluding carboxylic acids is 1. The fourth-order valence-corrected chi connectivity index (χ4v) is 5.95. The monoisotopic (exact) mass is 482 g/mol. The van der Waals surface area contributed by atoms with Crippen LogP contribution in [0.5, 0.6) is 5.75 Å². The minimum absolute atomic E-state index is 0.00449. The van der Waals surface area contributed by atoms with Crippen molar-refractivity contribution in [2.24, 2.45) is 5.92 Å². The van der Waals surface area contributed by atoms with Gasteiger partial charge in [-0.15, -0.1) is 0 Å². The van der Waals surface area contributed by atoms with Crippen LogP contribution in [0, 0.1) is 5.92 Å². The summed E-state index contributed by atoms with van der Waals surface area (Å²) in [5.74, 6) is 2.12. The number of hydrogen-bond acceptors (Lipinski definition) is 5. The average Bonchev–Trinajstić information content (AvgIpc) is 2.79. The molecule has 0 atom stereocenters. The van der Waals surface area contributed by atoms with Gasteiger partial charge in [-0.3, -0.25) is 4.79 Å². The molecular formula is C22H27ClN2O4S2. The van der Waals surface area contributed by atoms with Crippen molar-refractivity contribution < 1.29 is 17.9 Å². The van der Waals surface area contributed by atoms with Crippen molar-refractivity contribution in [3.8, 4) is 5.75 Å². The quantitative estimate of drug-likeness (QED) is 0.550. The Morgan fingerprint density at radius 1 is 1.19 bits per heavy atom. The number of amides is 1. The lowest BCUT2D eigenvalue weighted by Crippen LogP contribution is -2.43. The summed E-state index contributed by atoms with van der Waals surface area (Å²) in [4.78, 5) is 12.7. The molecule has 1 aliphatic heterocycles. The maximum Gasteiger partial charge on any atom is 0.243 e. The predicted molar refractivity (Wildman–Crippen MR) is 125 cm³/mol. The second-order valence-corrected chi connectivity index (χ2v) is 10.8. The number of hydrogen-bond donors (Lipinski definition) is 1. The van der Waals surface area contributed by atoms with Crippen molar-refractivity contribution in [3.05, 3.63) is 59.1 Å². The van der Waals surface area contributed by atoms with E-state index < -0.39 is 10.0 Å². The number of thioether (sulfide) groups is 1. The van der Waals surface area contributed by atoms with Crippen molar-refractivity contribution in [2.45, 2.75) is 23.5 Å². The van der Waals surface area contributed by atoms with Gasteiger partial charge >= 0.3 is 0 Å². The molecule has 6 nitrogen and oxygen atoms in total. The third-order valence-corrected chi connectivity index (χ3v) is 8.40. The van der Waals surface area contributed by atoms with E-state index in [1.807, 2.05) is 24.3 Å². The van der Waals surface area contributed by atoms with Gasteiger partial charge in [0.1, 0.15) is 5.75 Å². The standard InChI is InChI=1S/C22H27ClN2O4S2/c1-29-20-5-7-21(8-6-20)31(27,28)25-12-9-18(10-13-25)22(26)24-11-14-30-16-17-3-2-4-19(23)15-17/h2-8,15,18H,9-14,16H2,1H3,(H,24,26). The van der Waals surface area contributed by atoms with Crippen LogP contribution in [-0.4, -0.2) is 51.1 Å². The molecule has 0 bridgehead atoms. The van der Waals surface area contributed by atoms with E-state index in [2.05, 4.69) is 5.32 Å². The Hall–Kier alpha value is -1.74. The van der Waals surface area contributed by atoms with Gasteiger partial charge in [-0.2, -0.15) is 16.1 Å². The number of piperidine rings is 1. The average molecular weight is 483 g/mol. The third kappa shape index (κ3) is 6.62. The maximum atomic E-state index is 12.8. The molecule has 2 aromatic carbocycles. The Labute approximate surface area is 193 Å². The summed E-state index contributed by atoms with van der Waals surface area (Å²) in [7, 11) is -2.02. The molecule has 1 heterocycles. The van der Waals surface area contributed by atoms with Crippen molar-refractivity contribution in [3.63, 3.8) is 0 Å². The van der Waals surface area contributed by atoms with Crippen LogP contribution < -0.4 is 10.1 Å². The van der Waals surface area contributed by atoms with E-state index in [-0.39, 0.29) is 16.7 Å². The van der Waals surface area contributed by atoms with Crippen molar-refractivity contribution >= 4 is 39.3 Å². The number of carbonyl (C=O) groups is 1. The molecule has 1 N–H and O–H groups in total. The van der Waals surface area contributed by atoms with Crippen LogP contribution in [0.15, 0.2) is 53.4 Å². The first-order chi connectivity index (χ1) is 14.9. The third-order valence-electron chi connectivity index (χ3n) is 5.23. The summed E-state index contributed by atoms with van der Waals surface area (Å²) >= 11 is 7.72. The zero-order valence-corrected chi connectivity index (χ0v) is 19.8. The van der Waals surface area contributed by atoms with E-state index in [0.717, 1.165) is 22.1 Å². The van der Waals surface area contributed by atoms with Crippen molar-refractivity contribution in [2.75, 3.05) is 32.5 Å². The highest BCUT2D eigenvalue weighted by Crippen LogP contribution is 2.25. The zero-order valence-electron chi connectivity index (χ0n) is 17.4. The number of methoxy groups -OCH3 is 1. The maximum absolute atomic E-state index is 12.8. The first-order valence-corrected chi connectivity index (χ1v) is 13.1. The molecule has 1 aliphatic rings. The molecule has 2 aromatic rings. The molecule has 1 amide bonds. The number of sulfonamides is 1. The van der Waals surface area contributed by atoms with Gasteiger partial charge < -0.3 is 10.1 Å². The van der Waals surface area contributed by atoms with Crippen LogP contribution in [0.1, 0.15) is 18.4 Å². The topological polar surface area (TPSA) is 75.7 Å². The molecule has 0 aliphatic carbocycles. The molecule has 1 saturated heterocycles. The number of ether oxygens (including phenoxy) is 1. The summed E-state index contributed by atoms with van der Waals surface area (Å²) in [6.45, 7) is 1.28. The minimum Gasteiger partial charge on any atom is -0.497 e. The van der Waals surface area contributed by atoms with Crippen LogP contribution in [0.2, 0.25) is 5.02 Å². The van der Waals surface area contributed by atoms with Gasteiger partial charge in [0.2, 0.25) is 15.9 Å². The molecular weight excluding hydrogens is 456 g/mol. The lowest BCUT2D eigenvalue weighted by atomic mass is 9.97. The van der Waals surface area contributed by atoms with E-state index in [9.17, 15) is 13.2 Å². The van der Waals surface area contributed by atoms with E-state index in [1.165, 1.54) is 11.4 Å². The highest BCUT2D eigenvalue weighted by Gasteiger charge is 2.31. The summed E-state index contributed by atoms with van der Waals surface area (Å²) in [6.07, 6.45) is 1.05. The van der Waals surface area contributed by atoms with Gasteiger partial charge in [0.25, 0.3) is 0 Å². The van der Waals surface area contributed by atoms with Gasteiger partial charge in [0.15, 0.2) is 0 Å². The zero-order chi connectivity index (χ0) is 22.3. The Morgan fingerprint density at radius 2 is 1.90 bits per heavy atom. The lowest BCUT2D eigenvalue weighted by molar-refractivity contribution is -0.125. The summed E-state index contributed by atoms with van der Waals surface area (Å²) in [5, 5.41) is 3.71. The van der Waals surface area contributed by atoms with Crippen molar-refractivity contribution in [1.29, 1.82) is 0 Å². The summed E-state index contributed by atoms with van der Waals surface area (Å²) in [6, 6.07) is 14.1. The Morgan fingerprint density at radius 3 is 2.55 bits per heavy atom. The van der Waals surface area contributed by atoms with Crippen LogP contribution in [0.25, 0.3) is 0 Å². The number of nitrogens with zero attached hydrogens (tertiary/aromatic N) is 1. The number of benzene rings is 2. The molecule has 0 unspecified atom stereocenters. The molecule has 0 spiro atoms. The molecule has 0 radical (unpaired) electrons. The van der Waals surface area contributed by atoms with Crippen molar-refractivity contribution in [1.82, 2.24) is 9.62 Å². The molecule has 9 heteroatoms. The molecule has 1 fully saturated rings. The fraction of sp³-hybridized carbons (Fsp3) is 0.409. The molecule has 3 rings (SSSR count). The lowest BCUT2D eigenvalue weighted by Gasteiger charge is -2.30. The van der Waals surface area contributed by atoms with Gasteiger partial charge in [0.05, 0.1) is 12.0 Å². The Balaban J connectivity index is 1.39. The van der Waals surface area contributed by atoms with Gasteiger partial charge in [-0.25, -0.2) is 8.42 Å². The second kappa shape index (κ2) is 11.2. The normalized spacial score (nSPS) is 15.5. The first-order valence-electron chi connectivity index (χ1n) is 10.1. The molecule has 0 aromatic heterocycles. The molecule has 31 heavy (non-hydrogen) atoms. The predicted octanol–water partition coefficient (Wildman–Crippen LogP) is 3.80. The first kappa shape index (κ1) is 23.9. The SMILES string of the molecule is COc1ccc(S(=O)(=O)N2CCC(C(=O)NCCSCc3cccc(Cl)c3)CC2)cc1. The molecule has 168 valence electrons. The fourth-order valence-electron chi connectivity index (χ4n) is 3.46. The van der Waals surface area contributed by atoms with Crippen LogP contribution in [0.3, 0.4) is 0 Å². The largest absolute Gasteiger partial charge is 0.497 e. The van der Waals surface area contributed by atoms with Crippen LogP contribution in [0.4, 0.5) is 0 Å². The smallest absolute Gasteiger partial charge is 0.243 e. The Bertz CT molecular complexity index is 975.